The molecule has 0 saturated heterocycles. The Kier molecular flexibility index (Phi) is 7.68. The summed E-state index contributed by atoms with van der Waals surface area (Å²) in [7, 11) is 6.62. The minimum Gasteiger partial charge on any atom is -0.510 e. The lowest BCUT2D eigenvalue weighted by molar-refractivity contribution is -0.148. The van der Waals surface area contributed by atoms with Crippen molar-refractivity contribution in [2.24, 2.45) is 17.6 Å². The summed E-state index contributed by atoms with van der Waals surface area (Å²) in [4.78, 5) is 55.6. The molecule has 0 radical (unpaired) electrons. The van der Waals surface area contributed by atoms with Gasteiger partial charge in [0.15, 0.2) is 17.1 Å². The summed E-state index contributed by atoms with van der Waals surface area (Å²) in [5.74, 6) is -7.79. The zero-order valence-electron chi connectivity index (χ0n) is 24.8. The maximum absolute atomic E-state index is 14.1. The largest absolute Gasteiger partial charge is 0.510 e. The molecular weight excluding hydrogens is 546 g/mol. The number of aliphatic hydroxyl groups excluding tert-OH is 2. The van der Waals surface area contributed by atoms with Crippen LogP contribution in [0.1, 0.15) is 43.1 Å². The van der Waals surface area contributed by atoms with Gasteiger partial charge in [-0.1, -0.05) is 0 Å². The maximum atomic E-state index is 14.1. The fourth-order valence-electron chi connectivity index (χ4n) is 6.33. The van der Waals surface area contributed by atoms with E-state index in [2.05, 4.69) is 10.6 Å². The number of ketones is 2. The number of hydrogen-bond donors (Lipinski definition) is 7. The summed E-state index contributed by atoms with van der Waals surface area (Å²) in [6, 6.07) is 0.487. The number of Topliss-reactive ketones (excluding diaryl/α,β-unsaturated/α-hetero) is 2. The highest BCUT2D eigenvalue weighted by Crippen LogP contribution is 2.53. The van der Waals surface area contributed by atoms with Gasteiger partial charge in [-0.3, -0.25) is 24.1 Å². The van der Waals surface area contributed by atoms with E-state index in [0.29, 0.717) is 11.3 Å². The Morgan fingerprint density at radius 1 is 1.12 bits per heavy atom. The van der Waals surface area contributed by atoms with E-state index in [4.69, 9.17) is 5.73 Å². The van der Waals surface area contributed by atoms with E-state index >= 15 is 0 Å². The molecule has 1 aromatic rings. The molecule has 8 N–H and O–H groups in total. The molecule has 0 fully saturated rings. The van der Waals surface area contributed by atoms with E-state index in [-0.39, 0.29) is 41.7 Å². The van der Waals surface area contributed by atoms with Crippen molar-refractivity contribution in [3.05, 3.63) is 39.9 Å². The number of allylic oxidation sites excluding steroid dienone is 1. The molecule has 13 heteroatoms. The number of amides is 2. The molecule has 0 aliphatic heterocycles. The van der Waals surface area contributed by atoms with Gasteiger partial charge in [-0.2, -0.15) is 0 Å². The molecule has 0 spiro atoms. The highest BCUT2D eigenvalue weighted by atomic mass is 16.3. The average molecular weight is 586 g/mol. The van der Waals surface area contributed by atoms with E-state index < -0.39 is 69.7 Å². The molecule has 2 amide bonds. The topological polar surface area (TPSA) is 206 Å². The van der Waals surface area contributed by atoms with E-state index in [1.807, 2.05) is 20.8 Å². The zero-order valence-corrected chi connectivity index (χ0v) is 24.8. The summed E-state index contributed by atoms with van der Waals surface area (Å²) in [5, 5.41) is 51.1. The molecule has 0 saturated carbocycles. The molecule has 0 aromatic heterocycles. The van der Waals surface area contributed by atoms with Crippen molar-refractivity contribution in [3.8, 4) is 5.75 Å². The van der Waals surface area contributed by atoms with Crippen molar-refractivity contribution in [2.45, 2.75) is 50.8 Å². The van der Waals surface area contributed by atoms with Gasteiger partial charge in [-0.05, 0) is 65.3 Å². The van der Waals surface area contributed by atoms with Gasteiger partial charge < -0.3 is 41.7 Å². The molecule has 42 heavy (non-hydrogen) atoms. The van der Waals surface area contributed by atoms with E-state index in [9.17, 15) is 39.6 Å². The Morgan fingerprint density at radius 2 is 1.74 bits per heavy atom. The van der Waals surface area contributed by atoms with Crippen LogP contribution >= 0.6 is 0 Å². The highest BCUT2D eigenvalue weighted by molar-refractivity contribution is 6.25. The number of anilines is 2. The lowest BCUT2D eigenvalue weighted by Gasteiger charge is -2.50. The Morgan fingerprint density at radius 3 is 2.26 bits per heavy atom. The van der Waals surface area contributed by atoms with Gasteiger partial charge >= 0.3 is 0 Å². The lowest BCUT2D eigenvalue weighted by Crippen LogP contribution is -2.63. The van der Waals surface area contributed by atoms with E-state index in [1.165, 1.54) is 4.90 Å². The van der Waals surface area contributed by atoms with Crippen LogP contribution in [-0.4, -0.2) is 101 Å². The number of hydrogen-bond acceptors (Lipinski definition) is 11. The molecule has 0 unspecified atom stereocenters. The number of phenols is 1. The number of nitrogens with two attached hydrogens (primary N) is 1. The van der Waals surface area contributed by atoms with E-state index in [0.717, 1.165) is 0 Å². The zero-order chi connectivity index (χ0) is 31.6. The Labute approximate surface area is 243 Å². The minimum atomic E-state index is -2.73. The maximum Gasteiger partial charge on any atom is 0.255 e. The molecule has 4 atom stereocenters. The number of carbonyl (C=O) groups excluding carboxylic acids is 4. The normalized spacial score (nSPS) is 25.7. The number of aromatic hydroxyl groups is 1. The van der Waals surface area contributed by atoms with Gasteiger partial charge in [0, 0.05) is 36.8 Å². The third-order valence-corrected chi connectivity index (χ3v) is 8.23. The third kappa shape index (κ3) is 4.80. The molecule has 13 nitrogen and oxygen atoms in total. The number of carbonyl (C=O) groups is 4. The second kappa shape index (κ2) is 10.4. The van der Waals surface area contributed by atoms with Crippen molar-refractivity contribution in [2.75, 3.05) is 45.0 Å². The van der Waals surface area contributed by atoms with E-state index in [1.54, 1.807) is 39.2 Å². The number of nitrogens with zero attached hydrogens (tertiary/aromatic N) is 2. The van der Waals surface area contributed by atoms with Crippen molar-refractivity contribution >= 4 is 34.8 Å². The molecule has 228 valence electrons. The van der Waals surface area contributed by atoms with Crippen LogP contribution in [0.5, 0.6) is 5.75 Å². The molecular formula is C29H39N5O8. The molecule has 0 bridgehead atoms. The molecule has 1 aromatic carbocycles. The van der Waals surface area contributed by atoms with Gasteiger partial charge in [0.1, 0.15) is 17.1 Å². The summed E-state index contributed by atoms with van der Waals surface area (Å²) < 4.78 is 0. The Balaban J connectivity index is 1.87. The standard InChI is InChI=1S/C29H39N5O8/c1-28(2,3)31-11-17(35)32-15-10-16(33(4)5)13-8-12-9-14-21(34(6)7)24(38)20(27(30)41)26(40)29(14,42)25(39)18(12)23(37)19(13)22(15)36/h10,12,14,21,31,36,38-39,42H,8-9,11H2,1-7H3,(H2,30,41)(H,32,35)/t12-,14-,21+,29-/m0/s1. The van der Waals surface area contributed by atoms with Crippen LogP contribution in [0.25, 0.3) is 0 Å². The molecule has 0 heterocycles. The Hall–Kier alpha value is -3.94. The average Bonchev–Trinajstić information content (AvgIpc) is 2.85. The first-order chi connectivity index (χ1) is 19.3. The molecule has 3 aliphatic carbocycles. The van der Waals surface area contributed by atoms with Crippen LogP contribution in [0.15, 0.2) is 28.7 Å². The van der Waals surface area contributed by atoms with Gasteiger partial charge in [0.25, 0.3) is 5.91 Å². The fourth-order valence-corrected chi connectivity index (χ4v) is 6.33. The van der Waals surface area contributed by atoms with Crippen LogP contribution in [0.3, 0.4) is 0 Å². The first kappa shape index (κ1) is 31.0. The SMILES string of the molecule is CN(C)c1cc(NC(=O)CNC(C)(C)C)c(O)c2c1C[C@H]1C[C@H]3[C@@H](N(C)C)C(O)=C(C(N)=O)C(=O)[C@@]3(O)C(O)=C1C2=O. The number of nitrogens with one attached hydrogen (secondary N) is 2. The van der Waals surface area contributed by atoms with Crippen LogP contribution in [-0.2, 0) is 20.8 Å². The Bertz CT molecular complexity index is 1450. The summed E-state index contributed by atoms with van der Waals surface area (Å²) in [6.45, 7) is 5.60. The number of likely N-dealkylation sites (N-methyl/N-ethyl adjacent to an activating group) is 1. The van der Waals surface area contributed by atoms with Crippen LogP contribution in [0.2, 0.25) is 0 Å². The van der Waals surface area contributed by atoms with Gasteiger partial charge in [0.05, 0.1) is 23.8 Å². The fraction of sp³-hybridized carbons (Fsp3) is 0.517. The van der Waals surface area contributed by atoms with Gasteiger partial charge in [-0.15, -0.1) is 0 Å². The lowest BCUT2D eigenvalue weighted by atomic mass is 9.58. The summed E-state index contributed by atoms with van der Waals surface area (Å²) in [5.41, 5.74) is 1.96. The predicted molar refractivity (Wildman–Crippen MR) is 154 cm³/mol. The minimum absolute atomic E-state index is 0.0175. The van der Waals surface area contributed by atoms with Crippen molar-refractivity contribution in [1.29, 1.82) is 0 Å². The third-order valence-electron chi connectivity index (χ3n) is 8.23. The molecule has 4 rings (SSSR count). The smallest absolute Gasteiger partial charge is 0.255 e. The number of fused-ring (bicyclic) bond motifs is 3. The van der Waals surface area contributed by atoms with Crippen molar-refractivity contribution in [3.63, 3.8) is 0 Å². The van der Waals surface area contributed by atoms with Crippen LogP contribution in [0, 0.1) is 11.8 Å². The van der Waals surface area contributed by atoms with Crippen molar-refractivity contribution in [1.82, 2.24) is 10.2 Å². The first-order valence-electron chi connectivity index (χ1n) is 13.6. The van der Waals surface area contributed by atoms with Gasteiger partial charge in [-0.25, -0.2) is 0 Å². The van der Waals surface area contributed by atoms with Crippen LogP contribution in [0.4, 0.5) is 11.4 Å². The van der Waals surface area contributed by atoms with Crippen molar-refractivity contribution < 1.29 is 39.6 Å². The second-order valence-corrected chi connectivity index (χ2v) is 12.7. The number of benzene rings is 1. The number of rotatable bonds is 6. The number of primary amides is 1. The second-order valence-electron chi connectivity index (χ2n) is 12.7. The summed E-state index contributed by atoms with van der Waals surface area (Å²) >= 11 is 0. The highest BCUT2D eigenvalue weighted by Gasteiger charge is 2.63. The summed E-state index contributed by atoms with van der Waals surface area (Å²) in [6.07, 6.45) is 0.117. The van der Waals surface area contributed by atoms with Crippen LogP contribution < -0.4 is 21.3 Å². The number of aliphatic hydroxyl groups is 3. The number of phenolic OH excluding ortho intramolecular Hbond substituents is 1. The first-order valence-corrected chi connectivity index (χ1v) is 13.6. The monoisotopic (exact) mass is 585 g/mol. The quantitative estimate of drug-likeness (QED) is 0.181. The molecule has 3 aliphatic rings. The predicted octanol–water partition coefficient (Wildman–Crippen LogP) is 0.513. The van der Waals surface area contributed by atoms with Gasteiger partial charge in [0.2, 0.25) is 11.7 Å².